The molecule has 19 heavy (non-hydrogen) atoms. The number of ketones is 1. The molecule has 1 aliphatic carbocycles. The van der Waals surface area contributed by atoms with Gasteiger partial charge in [0.25, 0.3) is 0 Å². The number of aryl methyl sites for hydroxylation is 2. The smallest absolute Gasteiger partial charge is 0.198 e. The average molecular weight is 254 g/mol. The van der Waals surface area contributed by atoms with Crippen molar-refractivity contribution in [2.45, 2.75) is 38.5 Å². The van der Waals surface area contributed by atoms with Gasteiger partial charge in [-0.2, -0.15) is 0 Å². The minimum Gasteiger partial charge on any atom is -0.458 e. The summed E-state index contributed by atoms with van der Waals surface area (Å²) in [6, 6.07) is 12.1. The largest absolute Gasteiger partial charge is 0.458 e. The van der Waals surface area contributed by atoms with Crippen LogP contribution in [0.3, 0.4) is 0 Å². The van der Waals surface area contributed by atoms with E-state index >= 15 is 0 Å². The lowest BCUT2D eigenvalue weighted by atomic mass is 9.80. The van der Waals surface area contributed by atoms with Gasteiger partial charge in [0.05, 0.1) is 0 Å². The number of benzene rings is 1. The number of hydrogen-bond donors (Lipinski definition) is 0. The van der Waals surface area contributed by atoms with Gasteiger partial charge in [-0.1, -0.05) is 24.3 Å². The van der Waals surface area contributed by atoms with Crippen molar-refractivity contribution in [2.24, 2.45) is 0 Å². The molecule has 1 aliphatic rings. The van der Waals surface area contributed by atoms with Gasteiger partial charge >= 0.3 is 0 Å². The summed E-state index contributed by atoms with van der Waals surface area (Å²) in [6.45, 7) is 1.87. The van der Waals surface area contributed by atoms with Gasteiger partial charge in [0.1, 0.15) is 5.76 Å². The molecule has 1 aromatic carbocycles. The zero-order chi connectivity index (χ0) is 13.2. The third kappa shape index (κ3) is 2.48. The second kappa shape index (κ2) is 5.04. The molecular formula is C17H18O2. The minimum absolute atomic E-state index is 0.120. The predicted molar refractivity (Wildman–Crippen MR) is 74.5 cm³/mol. The second-order valence-corrected chi connectivity index (χ2v) is 5.33. The van der Waals surface area contributed by atoms with Crippen LogP contribution >= 0.6 is 0 Å². The Hall–Kier alpha value is -1.83. The fraction of sp³-hybridized carbons (Fsp3) is 0.353. The van der Waals surface area contributed by atoms with Crippen LogP contribution < -0.4 is 0 Å². The van der Waals surface area contributed by atoms with Gasteiger partial charge in [-0.3, -0.25) is 4.79 Å². The fourth-order valence-electron chi connectivity index (χ4n) is 2.98. The van der Waals surface area contributed by atoms with Crippen LogP contribution in [0.2, 0.25) is 0 Å². The van der Waals surface area contributed by atoms with Crippen molar-refractivity contribution in [3.05, 3.63) is 59.0 Å². The maximum atomic E-state index is 12.2. The summed E-state index contributed by atoms with van der Waals surface area (Å²) in [7, 11) is 0. The van der Waals surface area contributed by atoms with Gasteiger partial charge in [0.15, 0.2) is 11.5 Å². The molecule has 2 aromatic rings. The van der Waals surface area contributed by atoms with Crippen molar-refractivity contribution < 1.29 is 9.21 Å². The lowest BCUT2D eigenvalue weighted by molar-refractivity contribution is 0.0942. The zero-order valence-corrected chi connectivity index (χ0v) is 11.2. The number of hydrogen-bond acceptors (Lipinski definition) is 2. The van der Waals surface area contributed by atoms with Crippen LogP contribution in [0.15, 0.2) is 40.8 Å². The summed E-state index contributed by atoms with van der Waals surface area (Å²) in [6.07, 6.45) is 3.97. The van der Waals surface area contributed by atoms with Gasteiger partial charge in [0.2, 0.25) is 0 Å². The van der Waals surface area contributed by atoms with Crippen LogP contribution in [-0.4, -0.2) is 5.78 Å². The number of carbonyl (C=O) groups is 1. The third-order valence-electron chi connectivity index (χ3n) is 3.94. The van der Waals surface area contributed by atoms with Crippen molar-refractivity contribution in [1.82, 2.24) is 0 Å². The van der Waals surface area contributed by atoms with E-state index in [0.29, 0.717) is 18.1 Å². The molecule has 0 fully saturated rings. The Kier molecular flexibility index (Phi) is 3.24. The molecule has 3 rings (SSSR count). The Labute approximate surface area is 113 Å². The maximum absolute atomic E-state index is 12.2. The molecule has 0 saturated carbocycles. The first-order valence-electron chi connectivity index (χ1n) is 6.91. The SMILES string of the molecule is Cc1ccc(C(=O)CC2CCCc3ccccc32)o1. The summed E-state index contributed by atoms with van der Waals surface area (Å²) in [5.41, 5.74) is 2.76. The van der Waals surface area contributed by atoms with Crippen LogP contribution in [-0.2, 0) is 6.42 Å². The molecule has 0 amide bonds. The molecule has 0 N–H and O–H groups in total. The molecule has 98 valence electrons. The molecule has 0 spiro atoms. The highest BCUT2D eigenvalue weighted by Gasteiger charge is 2.23. The van der Waals surface area contributed by atoms with Crippen LogP contribution in [0.4, 0.5) is 0 Å². The van der Waals surface area contributed by atoms with Gasteiger partial charge in [0, 0.05) is 6.42 Å². The highest BCUT2D eigenvalue weighted by atomic mass is 16.3. The van der Waals surface area contributed by atoms with E-state index in [4.69, 9.17) is 4.42 Å². The molecule has 1 unspecified atom stereocenters. The van der Waals surface area contributed by atoms with E-state index in [9.17, 15) is 4.79 Å². The lowest BCUT2D eigenvalue weighted by Crippen LogP contribution is -2.13. The summed E-state index contributed by atoms with van der Waals surface area (Å²) < 4.78 is 5.43. The number of carbonyl (C=O) groups excluding carboxylic acids is 1. The molecule has 1 aromatic heterocycles. The van der Waals surface area contributed by atoms with Crippen LogP contribution in [0.1, 0.15) is 52.6 Å². The number of furan rings is 1. The number of fused-ring (bicyclic) bond motifs is 1. The molecule has 0 aliphatic heterocycles. The van der Waals surface area contributed by atoms with E-state index in [1.165, 1.54) is 17.5 Å². The van der Waals surface area contributed by atoms with Gasteiger partial charge < -0.3 is 4.42 Å². The summed E-state index contributed by atoms with van der Waals surface area (Å²) in [4.78, 5) is 12.2. The Morgan fingerprint density at radius 2 is 2.11 bits per heavy atom. The van der Waals surface area contributed by atoms with Crippen molar-refractivity contribution >= 4 is 5.78 Å². The molecular weight excluding hydrogens is 236 g/mol. The molecule has 0 bridgehead atoms. The molecule has 1 heterocycles. The Bertz CT molecular complexity index is 595. The highest BCUT2D eigenvalue weighted by Crippen LogP contribution is 2.34. The fourth-order valence-corrected chi connectivity index (χ4v) is 2.98. The standard InChI is InChI=1S/C17H18O2/c1-12-9-10-17(19-12)16(18)11-14-7-4-6-13-5-2-3-8-15(13)14/h2-3,5,8-10,14H,4,6-7,11H2,1H3. The Morgan fingerprint density at radius 1 is 1.26 bits per heavy atom. The van der Waals surface area contributed by atoms with Crippen molar-refractivity contribution in [1.29, 1.82) is 0 Å². The topological polar surface area (TPSA) is 30.2 Å². The monoisotopic (exact) mass is 254 g/mol. The summed E-state index contributed by atoms with van der Waals surface area (Å²) >= 11 is 0. The van der Waals surface area contributed by atoms with Gasteiger partial charge in [-0.15, -0.1) is 0 Å². The van der Waals surface area contributed by atoms with E-state index in [2.05, 4.69) is 24.3 Å². The summed E-state index contributed by atoms with van der Waals surface area (Å²) in [5.74, 6) is 1.77. The van der Waals surface area contributed by atoms with E-state index in [0.717, 1.165) is 18.6 Å². The Balaban J connectivity index is 1.79. The first kappa shape index (κ1) is 12.2. The van der Waals surface area contributed by atoms with Crippen molar-refractivity contribution in [3.63, 3.8) is 0 Å². The first-order chi connectivity index (χ1) is 9.24. The quantitative estimate of drug-likeness (QED) is 0.765. The van der Waals surface area contributed by atoms with Crippen molar-refractivity contribution in [3.8, 4) is 0 Å². The molecule has 1 atom stereocenters. The second-order valence-electron chi connectivity index (χ2n) is 5.33. The molecule has 0 saturated heterocycles. The van der Waals surface area contributed by atoms with E-state index < -0.39 is 0 Å². The van der Waals surface area contributed by atoms with Crippen LogP contribution in [0, 0.1) is 6.92 Å². The van der Waals surface area contributed by atoms with Gasteiger partial charge in [-0.05, 0) is 55.4 Å². The Morgan fingerprint density at radius 3 is 2.89 bits per heavy atom. The average Bonchev–Trinajstić information content (AvgIpc) is 2.86. The normalized spacial score (nSPS) is 18.1. The minimum atomic E-state index is 0.120. The van der Waals surface area contributed by atoms with Gasteiger partial charge in [-0.25, -0.2) is 0 Å². The van der Waals surface area contributed by atoms with Crippen LogP contribution in [0.25, 0.3) is 0 Å². The lowest BCUT2D eigenvalue weighted by Gasteiger charge is -2.24. The molecule has 2 heteroatoms. The summed E-state index contributed by atoms with van der Waals surface area (Å²) in [5, 5.41) is 0. The predicted octanol–water partition coefficient (Wildman–Crippen LogP) is 4.28. The number of rotatable bonds is 3. The molecule has 2 nitrogen and oxygen atoms in total. The number of Topliss-reactive ketones (excluding diaryl/α,β-unsaturated/α-hetero) is 1. The zero-order valence-electron chi connectivity index (χ0n) is 11.2. The third-order valence-corrected chi connectivity index (χ3v) is 3.94. The van der Waals surface area contributed by atoms with E-state index in [-0.39, 0.29) is 5.78 Å². The molecule has 0 radical (unpaired) electrons. The van der Waals surface area contributed by atoms with E-state index in [1.807, 2.05) is 13.0 Å². The first-order valence-corrected chi connectivity index (χ1v) is 6.91. The van der Waals surface area contributed by atoms with E-state index in [1.54, 1.807) is 6.07 Å². The van der Waals surface area contributed by atoms with Crippen LogP contribution in [0.5, 0.6) is 0 Å². The maximum Gasteiger partial charge on any atom is 0.198 e. The van der Waals surface area contributed by atoms with Crippen molar-refractivity contribution in [2.75, 3.05) is 0 Å². The highest BCUT2D eigenvalue weighted by molar-refractivity contribution is 5.94.